The second-order valence-corrected chi connectivity index (χ2v) is 5.46. The van der Waals surface area contributed by atoms with E-state index in [1.54, 1.807) is 6.08 Å². The average Bonchev–Trinajstić information content (AvgIpc) is 2.26. The van der Waals surface area contributed by atoms with Crippen LogP contribution >= 0.6 is 11.8 Å². The summed E-state index contributed by atoms with van der Waals surface area (Å²) in [6.07, 6.45) is 3.40. The first-order valence-corrected chi connectivity index (χ1v) is 7.14. The standard InChI is InChI=1S/C15H18O3S/c1-10-6-13(8-19-9-15(17)18)7-11(2)14(10)5-4-12(3)16/h4-7H,8-9H2,1-3H3,(H,17,18)/b5-4+. The van der Waals surface area contributed by atoms with Crippen LogP contribution in [0, 0.1) is 13.8 Å². The van der Waals surface area contributed by atoms with Gasteiger partial charge < -0.3 is 5.11 Å². The third-order valence-electron chi connectivity index (χ3n) is 2.63. The van der Waals surface area contributed by atoms with E-state index in [-0.39, 0.29) is 11.5 Å². The molecule has 0 aliphatic heterocycles. The Morgan fingerprint density at radius 1 is 1.26 bits per heavy atom. The molecule has 1 N–H and O–H groups in total. The van der Waals surface area contributed by atoms with Crippen molar-refractivity contribution in [1.82, 2.24) is 0 Å². The molecule has 0 bridgehead atoms. The second kappa shape index (κ2) is 7.14. The number of hydrogen-bond acceptors (Lipinski definition) is 3. The zero-order valence-corrected chi connectivity index (χ0v) is 12.2. The minimum Gasteiger partial charge on any atom is -0.481 e. The van der Waals surface area contributed by atoms with Crippen LogP contribution in [0.4, 0.5) is 0 Å². The van der Waals surface area contributed by atoms with Gasteiger partial charge in [0, 0.05) is 5.75 Å². The molecule has 19 heavy (non-hydrogen) atoms. The molecule has 0 aromatic heterocycles. The van der Waals surface area contributed by atoms with Crippen LogP contribution in [0.2, 0.25) is 0 Å². The Morgan fingerprint density at radius 2 is 1.84 bits per heavy atom. The van der Waals surface area contributed by atoms with Gasteiger partial charge in [-0.05, 0) is 49.1 Å². The van der Waals surface area contributed by atoms with E-state index in [1.807, 2.05) is 32.1 Å². The van der Waals surface area contributed by atoms with Gasteiger partial charge in [0.05, 0.1) is 5.75 Å². The summed E-state index contributed by atoms with van der Waals surface area (Å²) in [7, 11) is 0. The number of aryl methyl sites for hydroxylation is 2. The first kappa shape index (κ1) is 15.5. The third-order valence-corrected chi connectivity index (χ3v) is 3.62. The molecule has 3 nitrogen and oxygen atoms in total. The molecule has 0 atom stereocenters. The average molecular weight is 278 g/mol. The number of carboxylic acids is 1. The minimum atomic E-state index is -0.792. The Labute approximate surface area is 117 Å². The monoisotopic (exact) mass is 278 g/mol. The van der Waals surface area contributed by atoms with Gasteiger partial charge in [0.15, 0.2) is 5.78 Å². The molecule has 0 heterocycles. The number of benzene rings is 1. The zero-order chi connectivity index (χ0) is 14.4. The highest BCUT2D eigenvalue weighted by Gasteiger charge is 2.04. The summed E-state index contributed by atoms with van der Waals surface area (Å²) in [5.74, 6) is 0.0359. The molecule has 4 heteroatoms. The predicted octanol–water partition coefficient (Wildman–Crippen LogP) is 3.22. The number of carbonyl (C=O) groups is 2. The zero-order valence-electron chi connectivity index (χ0n) is 11.4. The highest BCUT2D eigenvalue weighted by molar-refractivity contribution is 7.99. The number of carboxylic acid groups (broad SMARTS) is 1. The van der Waals surface area contributed by atoms with E-state index in [9.17, 15) is 9.59 Å². The Balaban J connectivity index is 2.84. The van der Waals surface area contributed by atoms with Gasteiger partial charge in [0.25, 0.3) is 0 Å². The van der Waals surface area contributed by atoms with Crippen molar-refractivity contribution >= 4 is 29.6 Å². The maximum atomic E-state index is 11.0. The van der Waals surface area contributed by atoms with E-state index in [0.717, 1.165) is 22.3 Å². The summed E-state index contributed by atoms with van der Waals surface area (Å²) in [6, 6.07) is 4.09. The topological polar surface area (TPSA) is 54.4 Å². The van der Waals surface area contributed by atoms with Crippen LogP contribution in [-0.4, -0.2) is 22.6 Å². The summed E-state index contributed by atoms with van der Waals surface area (Å²) < 4.78 is 0. The lowest BCUT2D eigenvalue weighted by atomic mass is 9.99. The summed E-state index contributed by atoms with van der Waals surface area (Å²) >= 11 is 1.38. The Kier molecular flexibility index (Phi) is 5.83. The van der Waals surface area contributed by atoms with Crippen LogP contribution in [-0.2, 0) is 15.3 Å². The van der Waals surface area contributed by atoms with Crippen LogP contribution < -0.4 is 0 Å². The first-order valence-electron chi connectivity index (χ1n) is 5.98. The molecule has 1 rings (SSSR count). The predicted molar refractivity (Wildman–Crippen MR) is 79.4 cm³/mol. The first-order chi connectivity index (χ1) is 8.90. The van der Waals surface area contributed by atoms with Crippen molar-refractivity contribution < 1.29 is 14.7 Å². The lowest BCUT2D eigenvalue weighted by Gasteiger charge is -2.09. The minimum absolute atomic E-state index is 0.0277. The molecule has 0 amide bonds. The molecule has 1 aromatic rings. The maximum absolute atomic E-state index is 11.0. The number of hydrogen-bond donors (Lipinski definition) is 1. The van der Waals surface area contributed by atoms with Gasteiger partial charge in [0.2, 0.25) is 0 Å². The van der Waals surface area contributed by atoms with Gasteiger partial charge in [-0.1, -0.05) is 18.2 Å². The van der Waals surface area contributed by atoms with Crippen molar-refractivity contribution in [2.45, 2.75) is 26.5 Å². The number of allylic oxidation sites excluding steroid dienone is 1. The Hall–Kier alpha value is -1.55. The van der Waals surface area contributed by atoms with Crippen molar-refractivity contribution in [2.75, 3.05) is 5.75 Å². The van der Waals surface area contributed by atoms with E-state index >= 15 is 0 Å². The number of thioether (sulfide) groups is 1. The molecule has 0 saturated carbocycles. The SMILES string of the molecule is CC(=O)/C=C/c1c(C)cc(CSCC(=O)O)cc1C. The van der Waals surface area contributed by atoms with Crippen molar-refractivity contribution in [1.29, 1.82) is 0 Å². The van der Waals surface area contributed by atoms with Crippen molar-refractivity contribution in [2.24, 2.45) is 0 Å². The van der Waals surface area contributed by atoms with E-state index in [0.29, 0.717) is 5.75 Å². The molecule has 0 fully saturated rings. The molecule has 0 spiro atoms. The highest BCUT2D eigenvalue weighted by atomic mass is 32.2. The fourth-order valence-electron chi connectivity index (χ4n) is 1.87. The number of ketones is 1. The van der Waals surface area contributed by atoms with Gasteiger partial charge in [-0.25, -0.2) is 0 Å². The van der Waals surface area contributed by atoms with Gasteiger partial charge >= 0.3 is 5.97 Å². The normalized spacial score (nSPS) is 10.9. The smallest absolute Gasteiger partial charge is 0.313 e. The highest BCUT2D eigenvalue weighted by Crippen LogP contribution is 2.21. The van der Waals surface area contributed by atoms with Crippen molar-refractivity contribution in [3.05, 3.63) is 40.5 Å². The molecule has 0 aliphatic rings. The van der Waals surface area contributed by atoms with Gasteiger partial charge in [-0.15, -0.1) is 11.8 Å². The molecule has 0 saturated heterocycles. The van der Waals surface area contributed by atoms with E-state index in [4.69, 9.17) is 5.11 Å². The summed E-state index contributed by atoms with van der Waals surface area (Å²) in [6.45, 7) is 5.52. The summed E-state index contributed by atoms with van der Waals surface area (Å²) in [5.41, 5.74) is 4.37. The van der Waals surface area contributed by atoms with Crippen LogP contribution in [0.15, 0.2) is 18.2 Å². The van der Waals surface area contributed by atoms with Crippen LogP contribution in [0.1, 0.15) is 29.2 Å². The van der Waals surface area contributed by atoms with Crippen molar-refractivity contribution in [3.63, 3.8) is 0 Å². The second-order valence-electron chi connectivity index (χ2n) is 4.47. The molecular formula is C15H18O3S. The lowest BCUT2D eigenvalue weighted by Crippen LogP contribution is -1.99. The number of carbonyl (C=O) groups excluding carboxylic acids is 1. The molecule has 0 radical (unpaired) electrons. The number of aliphatic carboxylic acids is 1. The third kappa shape index (κ3) is 5.30. The van der Waals surface area contributed by atoms with Crippen LogP contribution in [0.3, 0.4) is 0 Å². The van der Waals surface area contributed by atoms with E-state index in [2.05, 4.69) is 0 Å². The van der Waals surface area contributed by atoms with Crippen LogP contribution in [0.25, 0.3) is 6.08 Å². The fraction of sp³-hybridized carbons (Fsp3) is 0.333. The number of rotatable bonds is 6. The van der Waals surface area contributed by atoms with E-state index in [1.165, 1.54) is 18.7 Å². The quantitative estimate of drug-likeness (QED) is 0.812. The molecule has 0 unspecified atom stereocenters. The summed E-state index contributed by atoms with van der Waals surface area (Å²) in [5, 5.41) is 8.60. The van der Waals surface area contributed by atoms with Gasteiger partial charge in [0.1, 0.15) is 0 Å². The molecule has 1 aromatic carbocycles. The molecule has 102 valence electrons. The fourth-order valence-corrected chi connectivity index (χ4v) is 2.55. The van der Waals surface area contributed by atoms with Gasteiger partial charge in [-0.3, -0.25) is 9.59 Å². The van der Waals surface area contributed by atoms with Crippen molar-refractivity contribution in [3.8, 4) is 0 Å². The Morgan fingerprint density at radius 3 is 2.32 bits per heavy atom. The van der Waals surface area contributed by atoms with Crippen LogP contribution in [0.5, 0.6) is 0 Å². The largest absolute Gasteiger partial charge is 0.481 e. The van der Waals surface area contributed by atoms with E-state index < -0.39 is 5.97 Å². The molecule has 0 aliphatic carbocycles. The molecular weight excluding hydrogens is 260 g/mol. The summed E-state index contributed by atoms with van der Waals surface area (Å²) in [4.78, 5) is 21.4. The lowest BCUT2D eigenvalue weighted by molar-refractivity contribution is -0.133. The maximum Gasteiger partial charge on any atom is 0.313 e. The van der Waals surface area contributed by atoms with Gasteiger partial charge in [-0.2, -0.15) is 0 Å². The Bertz CT molecular complexity index is 495.